The fraction of sp³-hybridized carbons (Fsp3) is 0.176. The third kappa shape index (κ3) is 4.64. The minimum atomic E-state index is 0.397. The number of aromatic nitrogens is 3. The maximum Gasteiger partial charge on any atom is 0.175 e. The highest BCUT2D eigenvalue weighted by molar-refractivity contribution is 9.10. The molecule has 0 spiro atoms. The van der Waals surface area contributed by atoms with Crippen molar-refractivity contribution < 1.29 is 9.47 Å². The lowest BCUT2D eigenvalue weighted by atomic mass is 10.2. The Kier molecular flexibility index (Phi) is 5.78. The number of hydrogen-bond donors (Lipinski definition) is 1. The van der Waals surface area contributed by atoms with Gasteiger partial charge in [-0.1, -0.05) is 23.7 Å². The van der Waals surface area contributed by atoms with Crippen molar-refractivity contribution in [1.29, 1.82) is 0 Å². The Morgan fingerprint density at radius 3 is 2.68 bits per heavy atom. The van der Waals surface area contributed by atoms with Crippen LogP contribution in [0.3, 0.4) is 0 Å². The molecule has 0 aliphatic rings. The first-order valence-corrected chi connectivity index (χ1v) is 8.65. The Labute approximate surface area is 158 Å². The Bertz CT molecular complexity index is 843. The number of nitrogens with zero attached hydrogens (tertiary/aromatic N) is 3. The molecule has 25 heavy (non-hydrogen) atoms. The van der Waals surface area contributed by atoms with Crippen LogP contribution < -0.4 is 14.9 Å². The molecule has 1 heterocycles. The van der Waals surface area contributed by atoms with Crippen molar-refractivity contribution in [3.63, 3.8) is 0 Å². The molecule has 0 radical (unpaired) electrons. The first-order chi connectivity index (χ1) is 12.2. The van der Waals surface area contributed by atoms with Crippen LogP contribution in [0.25, 0.3) is 0 Å². The SMILES string of the molecule is COc1cc(CNn2cnnc2)cc(Br)c1OCc1cccc(Cl)c1. The number of halogens is 2. The smallest absolute Gasteiger partial charge is 0.175 e. The molecule has 3 rings (SSSR count). The van der Waals surface area contributed by atoms with Gasteiger partial charge >= 0.3 is 0 Å². The molecule has 130 valence electrons. The minimum absolute atomic E-state index is 0.397. The minimum Gasteiger partial charge on any atom is -0.493 e. The topological polar surface area (TPSA) is 61.2 Å². The molecule has 6 nitrogen and oxygen atoms in total. The molecule has 3 aromatic rings. The Hall–Kier alpha value is -2.25. The van der Waals surface area contributed by atoms with Gasteiger partial charge in [0.1, 0.15) is 19.3 Å². The molecule has 0 atom stereocenters. The van der Waals surface area contributed by atoms with Crippen molar-refractivity contribution in [3.05, 3.63) is 69.7 Å². The van der Waals surface area contributed by atoms with Crippen molar-refractivity contribution in [2.75, 3.05) is 12.5 Å². The van der Waals surface area contributed by atoms with Crippen LogP contribution in [0.1, 0.15) is 11.1 Å². The predicted octanol–water partition coefficient (Wildman–Crippen LogP) is 4.03. The highest BCUT2D eigenvalue weighted by Crippen LogP contribution is 2.37. The average Bonchev–Trinajstić information content (AvgIpc) is 3.12. The van der Waals surface area contributed by atoms with Gasteiger partial charge in [0.25, 0.3) is 0 Å². The Morgan fingerprint density at radius 2 is 1.96 bits per heavy atom. The van der Waals surface area contributed by atoms with Crippen LogP contribution in [-0.4, -0.2) is 22.0 Å². The van der Waals surface area contributed by atoms with Gasteiger partial charge in [0.15, 0.2) is 11.5 Å². The van der Waals surface area contributed by atoms with Crippen molar-refractivity contribution in [2.24, 2.45) is 0 Å². The van der Waals surface area contributed by atoms with Gasteiger partial charge in [-0.25, -0.2) is 4.68 Å². The van der Waals surface area contributed by atoms with Crippen LogP contribution in [-0.2, 0) is 13.2 Å². The number of methoxy groups -OCH3 is 1. The summed E-state index contributed by atoms with van der Waals surface area (Å²) in [5.41, 5.74) is 5.17. The monoisotopic (exact) mass is 422 g/mol. The number of benzene rings is 2. The van der Waals surface area contributed by atoms with E-state index in [-0.39, 0.29) is 0 Å². The van der Waals surface area contributed by atoms with Gasteiger partial charge in [-0.3, -0.25) is 0 Å². The lowest BCUT2D eigenvalue weighted by Crippen LogP contribution is -2.12. The second-order valence-corrected chi connectivity index (χ2v) is 6.52. The van der Waals surface area contributed by atoms with Crippen molar-refractivity contribution in [1.82, 2.24) is 14.9 Å². The zero-order valence-electron chi connectivity index (χ0n) is 13.4. The average molecular weight is 424 g/mol. The molecule has 0 bridgehead atoms. The number of ether oxygens (including phenoxy) is 2. The molecular formula is C17H16BrClN4O2. The first-order valence-electron chi connectivity index (χ1n) is 7.48. The summed E-state index contributed by atoms with van der Waals surface area (Å²) >= 11 is 9.56. The molecule has 0 aliphatic heterocycles. The van der Waals surface area contributed by atoms with Gasteiger partial charge in [-0.2, -0.15) is 0 Å². The molecule has 0 aliphatic carbocycles. The predicted molar refractivity (Wildman–Crippen MR) is 99.6 cm³/mol. The third-order valence-corrected chi connectivity index (χ3v) is 4.27. The van der Waals surface area contributed by atoms with Crippen molar-refractivity contribution in [3.8, 4) is 11.5 Å². The van der Waals surface area contributed by atoms with Gasteiger partial charge in [0, 0.05) is 5.02 Å². The third-order valence-electron chi connectivity index (χ3n) is 3.45. The molecule has 0 unspecified atom stereocenters. The van der Waals surface area contributed by atoms with Crippen LogP contribution in [0.4, 0.5) is 0 Å². The van der Waals surface area contributed by atoms with E-state index >= 15 is 0 Å². The van der Waals surface area contributed by atoms with E-state index < -0.39 is 0 Å². The summed E-state index contributed by atoms with van der Waals surface area (Å²) < 4.78 is 13.9. The second kappa shape index (κ2) is 8.22. The molecule has 1 N–H and O–H groups in total. The fourth-order valence-electron chi connectivity index (χ4n) is 2.26. The Morgan fingerprint density at radius 1 is 1.16 bits per heavy atom. The molecule has 0 saturated carbocycles. The van der Waals surface area contributed by atoms with Crippen LogP contribution >= 0.6 is 27.5 Å². The molecular weight excluding hydrogens is 408 g/mol. The maximum absolute atomic E-state index is 6.01. The largest absolute Gasteiger partial charge is 0.493 e. The lowest BCUT2D eigenvalue weighted by Gasteiger charge is -2.15. The summed E-state index contributed by atoms with van der Waals surface area (Å²) in [6.07, 6.45) is 3.18. The van der Waals surface area contributed by atoms with E-state index in [0.717, 1.165) is 15.6 Å². The number of nitrogens with one attached hydrogen (secondary N) is 1. The van der Waals surface area contributed by atoms with E-state index in [4.69, 9.17) is 21.1 Å². The van der Waals surface area contributed by atoms with Crippen molar-refractivity contribution >= 4 is 27.5 Å². The highest BCUT2D eigenvalue weighted by atomic mass is 79.9. The molecule has 0 fully saturated rings. The number of hydrogen-bond acceptors (Lipinski definition) is 5. The normalized spacial score (nSPS) is 10.5. The zero-order chi connectivity index (χ0) is 17.6. The summed E-state index contributed by atoms with van der Waals surface area (Å²) in [6.45, 7) is 0.982. The summed E-state index contributed by atoms with van der Waals surface area (Å²) in [6, 6.07) is 11.5. The lowest BCUT2D eigenvalue weighted by molar-refractivity contribution is 0.282. The molecule has 2 aromatic carbocycles. The van der Waals surface area contributed by atoms with Crippen LogP contribution in [0.2, 0.25) is 5.02 Å². The molecule has 1 aromatic heterocycles. The van der Waals surface area contributed by atoms with Crippen LogP contribution in [0.15, 0.2) is 53.5 Å². The summed E-state index contributed by atoms with van der Waals surface area (Å²) in [5.74, 6) is 1.30. The second-order valence-electron chi connectivity index (χ2n) is 5.23. The molecule has 0 saturated heterocycles. The van der Waals surface area contributed by atoms with Crippen molar-refractivity contribution in [2.45, 2.75) is 13.2 Å². The van der Waals surface area contributed by atoms with Crippen LogP contribution in [0, 0.1) is 0 Å². The standard InChI is InChI=1S/C17H16BrClN4O2/c1-24-16-7-13(8-22-23-10-20-21-11-23)6-15(18)17(16)25-9-12-3-2-4-14(19)5-12/h2-7,10-11,22H,8-9H2,1H3. The summed E-state index contributed by atoms with van der Waals surface area (Å²) in [5, 5.41) is 8.18. The van der Waals surface area contributed by atoms with E-state index in [1.807, 2.05) is 36.4 Å². The van der Waals surface area contributed by atoms with Gasteiger partial charge in [-0.05, 0) is 51.3 Å². The first kappa shape index (κ1) is 17.6. The number of rotatable bonds is 7. The van der Waals surface area contributed by atoms with E-state index in [9.17, 15) is 0 Å². The van der Waals surface area contributed by atoms with Gasteiger partial charge in [-0.15, -0.1) is 10.2 Å². The zero-order valence-corrected chi connectivity index (χ0v) is 15.8. The summed E-state index contributed by atoms with van der Waals surface area (Å²) in [7, 11) is 1.62. The Balaban J connectivity index is 1.72. The summed E-state index contributed by atoms with van der Waals surface area (Å²) in [4.78, 5) is 0. The van der Waals surface area contributed by atoms with Crippen LogP contribution in [0.5, 0.6) is 11.5 Å². The van der Waals surface area contributed by atoms with E-state index in [1.54, 1.807) is 24.4 Å². The highest BCUT2D eigenvalue weighted by Gasteiger charge is 2.12. The van der Waals surface area contributed by atoms with Gasteiger partial charge < -0.3 is 14.9 Å². The fourth-order valence-corrected chi connectivity index (χ4v) is 3.08. The van der Waals surface area contributed by atoms with Gasteiger partial charge in [0.2, 0.25) is 0 Å². The van der Waals surface area contributed by atoms with E-state index in [1.165, 1.54) is 0 Å². The quantitative estimate of drug-likeness (QED) is 0.622. The molecule has 8 heteroatoms. The van der Waals surface area contributed by atoms with E-state index in [0.29, 0.717) is 29.7 Å². The van der Waals surface area contributed by atoms with Gasteiger partial charge in [0.05, 0.1) is 18.1 Å². The van der Waals surface area contributed by atoms with E-state index in [2.05, 4.69) is 31.6 Å². The molecule has 0 amide bonds. The maximum atomic E-state index is 6.01.